The van der Waals surface area contributed by atoms with Crippen LogP contribution in [0.3, 0.4) is 0 Å². The van der Waals surface area contributed by atoms with Gasteiger partial charge in [-0.2, -0.15) is 0 Å². The third kappa shape index (κ3) is 6.16. The molecule has 0 spiro atoms. The van der Waals surface area contributed by atoms with Crippen molar-refractivity contribution in [2.45, 2.75) is 76.3 Å². The maximum atomic E-state index is 2.61. The molecular weight excluding hydrogens is 743 g/mol. The third-order valence-electron chi connectivity index (χ3n) is 10.2. The molecule has 5 aromatic rings. The normalized spacial score (nSPS) is 14.3. The summed E-state index contributed by atoms with van der Waals surface area (Å²) in [5.41, 5.74) is 17.3. The number of fused-ring (bicyclic) bond motifs is 3. The van der Waals surface area contributed by atoms with Crippen LogP contribution in [0.15, 0.2) is 131 Å². The van der Waals surface area contributed by atoms with Crippen LogP contribution < -0.4 is 0 Å². The fourth-order valence-electron chi connectivity index (χ4n) is 7.82. The van der Waals surface area contributed by atoms with E-state index >= 15 is 0 Å². The van der Waals surface area contributed by atoms with Gasteiger partial charge >= 0.3 is 298 Å². The quantitative estimate of drug-likeness (QED) is 0.156. The Labute approximate surface area is 296 Å². The van der Waals surface area contributed by atoms with Gasteiger partial charge in [-0.1, -0.05) is 0 Å². The number of hydrogen-bond acceptors (Lipinski definition) is 0. The summed E-state index contributed by atoms with van der Waals surface area (Å²) in [6.45, 7) is 18.6. The van der Waals surface area contributed by atoms with E-state index in [2.05, 4.69) is 183 Å². The van der Waals surface area contributed by atoms with Gasteiger partial charge in [0.1, 0.15) is 0 Å². The van der Waals surface area contributed by atoms with Crippen LogP contribution in [-0.2, 0) is 31.8 Å². The molecule has 240 valence electrons. The van der Waals surface area contributed by atoms with Crippen molar-refractivity contribution in [1.82, 2.24) is 0 Å². The van der Waals surface area contributed by atoms with E-state index in [4.69, 9.17) is 0 Å². The third-order valence-corrected chi connectivity index (χ3v) is 22.6. The Balaban J connectivity index is 1.65. The van der Waals surface area contributed by atoms with Crippen LogP contribution in [0.2, 0.25) is 0 Å². The fraction of sp³-hybridized carbons (Fsp3) is 0.255. The van der Waals surface area contributed by atoms with E-state index in [0.717, 1.165) is 6.42 Å². The molecule has 0 aliphatic heterocycles. The zero-order chi connectivity index (χ0) is 33.8. The van der Waals surface area contributed by atoms with Crippen LogP contribution in [0.25, 0.3) is 16.7 Å². The molecule has 0 amide bonds. The van der Waals surface area contributed by atoms with Crippen molar-refractivity contribution in [3.8, 4) is 11.1 Å². The molecule has 5 aromatic carbocycles. The first kappa shape index (κ1) is 32.8. The SMILES string of the molecule is Cc1cc(C)cc(C2=[C]([Hf](=[C](c3ccccc3)c3ccccc3)[CH]3c4cc(C(C)(C)C)ccc4-c4ccc(C(C)(C)C)cc43)CC=C2)c1. The number of hydrogen-bond donors (Lipinski definition) is 0. The zero-order valence-electron chi connectivity index (χ0n) is 29.9. The minimum absolute atomic E-state index is 0.0696. The van der Waals surface area contributed by atoms with E-state index in [-0.39, 0.29) is 10.8 Å². The van der Waals surface area contributed by atoms with Crippen molar-refractivity contribution >= 4 is 8.83 Å². The van der Waals surface area contributed by atoms with E-state index < -0.39 is 21.0 Å². The van der Waals surface area contributed by atoms with Crippen molar-refractivity contribution in [3.63, 3.8) is 0 Å². The van der Waals surface area contributed by atoms with Crippen molar-refractivity contribution in [3.05, 3.63) is 181 Å². The van der Waals surface area contributed by atoms with E-state index in [0.29, 0.717) is 3.67 Å². The second-order valence-corrected chi connectivity index (χ2v) is 24.9. The topological polar surface area (TPSA) is 0 Å². The molecule has 2 aliphatic rings. The molecule has 7 rings (SSSR count). The Kier molecular flexibility index (Phi) is 8.66. The zero-order valence-corrected chi connectivity index (χ0v) is 33.5. The molecule has 2 aliphatic carbocycles. The van der Waals surface area contributed by atoms with Gasteiger partial charge in [0.25, 0.3) is 0 Å². The molecule has 0 atom stereocenters. The van der Waals surface area contributed by atoms with E-state index in [1.165, 1.54) is 55.6 Å². The van der Waals surface area contributed by atoms with Crippen LogP contribution in [0.5, 0.6) is 0 Å². The first-order valence-electron chi connectivity index (χ1n) is 17.5. The first-order chi connectivity index (χ1) is 22.9. The summed E-state index contributed by atoms with van der Waals surface area (Å²) in [6.07, 6.45) is 5.94. The second kappa shape index (κ2) is 12.6. The second-order valence-electron chi connectivity index (χ2n) is 15.9. The van der Waals surface area contributed by atoms with Crippen LogP contribution >= 0.6 is 0 Å². The van der Waals surface area contributed by atoms with Crippen molar-refractivity contribution in [2.24, 2.45) is 0 Å². The maximum absolute atomic E-state index is 3.21. The summed E-state index contributed by atoms with van der Waals surface area (Å²) in [6, 6.07) is 44.8. The number of allylic oxidation sites excluding steroid dienone is 4. The first-order valence-corrected chi connectivity index (χ1v) is 23.2. The average Bonchev–Trinajstić information content (AvgIpc) is 3.66. The molecule has 0 N–H and O–H groups in total. The average molecular weight is 791 g/mol. The summed E-state index contributed by atoms with van der Waals surface area (Å²) in [5.74, 6) is 0. The van der Waals surface area contributed by atoms with Gasteiger partial charge in [-0.15, -0.1) is 0 Å². The monoisotopic (exact) mass is 792 g/mol. The van der Waals surface area contributed by atoms with Crippen molar-refractivity contribution < 1.29 is 21.0 Å². The minimum atomic E-state index is -3.21. The van der Waals surface area contributed by atoms with Crippen LogP contribution in [0, 0.1) is 13.8 Å². The molecule has 0 radical (unpaired) electrons. The van der Waals surface area contributed by atoms with Gasteiger partial charge in [0, 0.05) is 0 Å². The predicted octanol–water partition coefficient (Wildman–Crippen LogP) is 12.2. The Morgan fingerprint density at radius 1 is 0.583 bits per heavy atom. The molecule has 0 nitrogen and oxygen atoms in total. The Morgan fingerprint density at radius 2 is 1.06 bits per heavy atom. The molecule has 48 heavy (non-hydrogen) atoms. The van der Waals surface area contributed by atoms with Gasteiger partial charge in [0.15, 0.2) is 0 Å². The van der Waals surface area contributed by atoms with Gasteiger partial charge in [-0.05, 0) is 0 Å². The molecule has 0 saturated heterocycles. The van der Waals surface area contributed by atoms with Gasteiger partial charge in [-0.3, -0.25) is 0 Å². The summed E-state index contributed by atoms with van der Waals surface area (Å²) in [7, 11) is 0. The van der Waals surface area contributed by atoms with E-state index in [9.17, 15) is 0 Å². The predicted molar refractivity (Wildman–Crippen MR) is 204 cm³/mol. The molecule has 0 unspecified atom stereocenters. The molecule has 0 heterocycles. The van der Waals surface area contributed by atoms with Gasteiger partial charge < -0.3 is 0 Å². The Morgan fingerprint density at radius 3 is 1.52 bits per heavy atom. The van der Waals surface area contributed by atoms with Crippen molar-refractivity contribution in [2.75, 3.05) is 0 Å². The molecule has 0 bridgehead atoms. The summed E-state index contributed by atoms with van der Waals surface area (Å²) >= 11 is -3.21. The van der Waals surface area contributed by atoms with Crippen LogP contribution in [0.1, 0.15) is 102 Å². The number of benzene rings is 5. The van der Waals surface area contributed by atoms with Crippen LogP contribution in [-0.4, -0.2) is 3.26 Å². The standard InChI is InChI=1S/C21H25.C13H13.C13H10.Hf/c1-20(2,3)16-7-9-18-14(12-16)11-15-13-17(21(4,5)6)8-10-19(15)18;1-10-7-11(2)9-13(8-10)12-5-3-4-6-12;1-3-7-12(8-4-1)11-13-9-5-2-6-10-13;/h7-13H,1-6H3;3,5,7-9H,4H2,1-2H3;1-10H;. The summed E-state index contributed by atoms with van der Waals surface area (Å²) in [5, 5.41) is 0. The van der Waals surface area contributed by atoms with Crippen LogP contribution in [0.4, 0.5) is 0 Å². The van der Waals surface area contributed by atoms with E-state index in [1.807, 2.05) is 0 Å². The number of aryl methyl sites for hydroxylation is 2. The molecule has 0 fully saturated rings. The molecule has 0 aromatic heterocycles. The van der Waals surface area contributed by atoms with E-state index in [1.54, 1.807) is 17.7 Å². The number of rotatable bonds is 5. The van der Waals surface area contributed by atoms with Gasteiger partial charge in [0.05, 0.1) is 0 Å². The Bertz CT molecular complexity index is 1980. The summed E-state index contributed by atoms with van der Waals surface area (Å²) in [4.78, 5) is 0. The molecule has 0 saturated carbocycles. The molecule has 1 heteroatoms. The van der Waals surface area contributed by atoms with Gasteiger partial charge in [-0.25, -0.2) is 0 Å². The van der Waals surface area contributed by atoms with Crippen molar-refractivity contribution in [1.29, 1.82) is 0 Å². The summed E-state index contributed by atoms with van der Waals surface area (Å²) < 4.78 is 3.71. The Hall–Kier alpha value is -3.68. The van der Waals surface area contributed by atoms with Gasteiger partial charge in [0.2, 0.25) is 0 Å². The molecular formula is C47H48Hf. The fourth-order valence-corrected chi connectivity index (χ4v) is 21.7.